The van der Waals surface area contributed by atoms with Gasteiger partial charge in [-0.05, 0) is 13.8 Å². The van der Waals surface area contributed by atoms with Crippen LogP contribution in [0.4, 0.5) is 4.79 Å². The highest BCUT2D eigenvalue weighted by atomic mass is 17.3. The van der Waals surface area contributed by atoms with E-state index in [4.69, 9.17) is 15.0 Å². The van der Waals surface area contributed by atoms with E-state index < -0.39 is 6.16 Å². The Balaban J connectivity index is 0.000000218. The molecule has 2 N–H and O–H groups in total. The van der Waals surface area contributed by atoms with E-state index in [-0.39, 0.29) is 5.60 Å². The van der Waals surface area contributed by atoms with Gasteiger partial charge < -0.3 is 15.1 Å². The second kappa shape index (κ2) is 3.25. The molecule has 1 saturated heterocycles. The van der Waals surface area contributed by atoms with E-state index in [1.54, 1.807) is 0 Å². The maximum atomic E-state index is 8.56. The lowest BCUT2D eigenvalue weighted by Crippen LogP contribution is -2.37. The number of rotatable bonds is 0. The summed E-state index contributed by atoms with van der Waals surface area (Å²) in [5.74, 6) is 0.701. The van der Waals surface area contributed by atoms with E-state index in [1.807, 2.05) is 13.8 Å². The summed E-state index contributed by atoms with van der Waals surface area (Å²) < 4.78 is 0. The van der Waals surface area contributed by atoms with Crippen LogP contribution in [0.15, 0.2) is 12.3 Å². The topological polar surface area (TPSA) is 76.0 Å². The van der Waals surface area contributed by atoms with Crippen LogP contribution in [0.1, 0.15) is 13.8 Å². The van der Waals surface area contributed by atoms with Crippen molar-refractivity contribution >= 4 is 6.16 Å². The summed E-state index contributed by atoms with van der Waals surface area (Å²) in [5.41, 5.74) is -0.236. The van der Waals surface area contributed by atoms with Gasteiger partial charge in [-0.15, -0.1) is 0 Å². The third kappa shape index (κ3) is 3.47. The van der Waals surface area contributed by atoms with Gasteiger partial charge in [0, 0.05) is 0 Å². The van der Waals surface area contributed by atoms with Crippen LogP contribution in [0.5, 0.6) is 0 Å². The van der Waals surface area contributed by atoms with Crippen LogP contribution >= 0.6 is 0 Å². The van der Waals surface area contributed by atoms with Crippen molar-refractivity contribution in [1.29, 1.82) is 0 Å². The average molecular weight is 162 g/mol. The van der Waals surface area contributed by atoms with Crippen molar-refractivity contribution in [3.63, 3.8) is 0 Å². The quantitative estimate of drug-likeness (QED) is 0.527. The van der Waals surface area contributed by atoms with Crippen molar-refractivity contribution < 1.29 is 24.8 Å². The Morgan fingerprint density at radius 3 is 1.82 bits per heavy atom. The van der Waals surface area contributed by atoms with Gasteiger partial charge in [0.15, 0.2) is 11.4 Å². The standard InChI is InChI=1S/C5H8O2.CH2O3/c1-4-5(2,3)7-6-4;2-1(3)4/h1H2,2-3H3;(H2,2,3,4). The summed E-state index contributed by atoms with van der Waals surface area (Å²) in [6.45, 7) is 7.37. The molecular weight excluding hydrogens is 152 g/mol. The molecule has 0 atom stereocenters. The number of hydrogen-bond donors (Lipinski definition) is 2. The highest BCUT2D eigenvalue weighted by Crippen LogP contribution is 2.30. The monoisotopic (exact) mass is 162 g/mol. The highest BCUT2D eigenvalue weighted by molar-refractivity contribution is 5.53. The molecule has 0 amide bonds. The minimum Gasteiger partial charge on any atom is -0.450 e. The van der Waals surface area contributed by atoms with Crippen LogP contribution in [0.25, 0.3) is 0 Å². The average Bonchev–Trinajstić information content (AvgIpc) is 1.84. The summed E-state index contributed by atoms with van der Waals surface area (Å²) >= 11 is 0. The fourth-order valence-electron chi connectivity index (χ4n) is 0.267. The van der Waals surface area contributed by atoms with Crippen LogP contribution in [-0.4, -0.2) is 22.0 Å². The van der Waals surface area contributed by atoms with E-state index in [9.17, 15) is 0 Å². The fourth-order valence-corrected chi connectivity index (χ4v) is 0.267. The van der Waals surface area contributed by atoms with Gasteiger partial charge in [0.05, 0.1) is 0 Å². The van der Waals surface area contributed by atoms with Crippen molar-refractivity contribution in [2.75, 3.05) is 0 Å². The van der Waals surface area contributed by atoms with E-state index >= 15 is 0 Å². The predicted molar refractivity (Wildman–Crippen MR) is 36.0 cm³/mol. The molecule has 1 heterocycles. The Morgan fingerprint density at radius 2 is 1.82 bits per heavy atom. The molecule has 1 fully saturated rings. The molecule has 0 radical (unpaired) electrons. The van der Waals surface area contributed by atoms with Crippen LogP contribution in [0.3, 0.4) is 0 Å². The van der Waals surface area contributed by atoms with Gasteiger partial charge in [0.1, 0.15) is 0 Å². The molecule has 0 aromatic carbocycles. The Hall–Kier alpha value is -1.23. The van der Waals surface area contributed by atoms with Crippen molar-refractivity contribution in [1.82, 2.24) is 0 Å². The van der Waals surface area contributed by atoms with Crippen molar-refractivity contribution in [2.45, 2.75) is 19.4 Å². The SMILES string of the molecule is C=C1OOC1(C)C.O=C(O)O. The van der Waals surface area contributed by atoms with Gasteiger partial charge in [-0.3, -0.25) is 0 Å². The molecule has 0 aliphatic carbocycles. The molecule has 11 heavy (non-hydrogen) atoms. The van der Waals surface area contributed by atoms with Gasteiger partial charge in [0.2, 0.25) is 0 Å². The first kappa shape index (κ1) is 9.77. The van der Waals surface area contributed by atoms with Crippen molar-refractivity contribution in [2.24, 2.45) is 0 Å². The van der Waals surface area contributed by atoms with E-state index in [1.165, 1.54) is 0 Å². The summed E-state index contributed by atoms with van der Waals surface area (Å²) in [5, 5.41) is 13.9. The molecule has 5 heteroatoms. The molecule has 1 rings (SSSR count). The molecule has 0 unspecified atom stereocenters. The summed E-state index contributed by atoms with van der Waals surface area (Å²) in [4.78, 5) is 17.6. The molecule has 0 spiro atoms. The smallest absolute Gasteiger partial charge is 0.450 e. The van der Waals surface area contributed by atoms with Crippen LogP contribution in [0.2, 0.25) is 0 Å². The number of hydrogen-bond acceptors (Lipinski definition) is 3. The Morgan fingerprint density at radius 1 is 1.55 bits per heavy atom. The molecule has 1 aliphatic rings. The molecule has 5 nitrogen and oxygen atoms in total. The second-order valence-electron chi connectivity index (χ2n) is 2.38. The van der Waals surface area contributed by atoms with Crippen LogP contribution in [-0.2, 0) is 9.78 Å². The summed E-state index contributed by atoms with van der Waals surface area (Å²) in [6.07, 6.45) is -1.83. The van der Waals surface area contributed by atoms with Gasteiger partial charge in [-0.1, -0.05) is 6.58 Å². The summed E-state index contributed by atoms with van der Waals surface area (Å²) in [6, 6.07) is 0. The molecule has 64 valence electrons. The second-order valence-corrected chi connectivity index (χ2v) is 2.38. The minimum atomic E-state index is -1.83. The largest absolute Gasteiger partial charge is 0.503 e. The van der Waals surface area contributed by atoms with Crippen LogP contribution in [0, 0.1) is 0 Å². The highest BCUT2D eigenvalue weighted by Gasteiger charge is 2.36. The van der Waals surface area contributed by atoms with E-state index in [0.717, 1.165) is 0 Å². The Kier molecular flexibility index (Phi) is 2.88. The number of carbonyl (C=O) groups is 1. The first-order valence-electron chi connectivity index (χ1n) is 2.83. The Bertz CT molecular complexity index is 168. The normalized spacial score (nSPS) is 18.5. The zero-order chi connectivity index (χ0) is 9.07. The van der Waals surface area contributed by atoms with E-state index in [2.05, 4.69) is 16.4 Å². The van der Waals surface area contributed by atoms with E-state index in [0.29, 0.717) is 5.76 Å². The maximum Gasteiger partial charge on any atom is 0.503 e. The van der Waals surface area contributed by atoms with Gasteiger partial charge in [0.25, 0.3) is 0 Å². The first-order chi connectivity index (χ1) is 4.86. The summed E-state index contributed by atoms with van der Waals surface area (Å²) in [7, 11) is 0. The molecule has 0 saturated carbocycles. The number of carboxylic acid groups (broad SMARTS) is 2. The zero-order valence-electron chi connectivity index (χ0n) is 6.33. The van der Waals surface area contributed by atoms with Crippen LogP contribution < -0.4 is 0 Å². The first-order valence-corrected chi connectivity index (χ1v) is 2.83. The lowest BCUT2D eigenvalue weighted by molar-refractivity contribution is -0.412. The fraction of sp³-hybridized carbons (Fsp3) is 0.500. The maximum absolute atomic E-state index is 8.56. The zero-order valence-corrected chi connectivity index (χ0v) is 6.33. The minimum absolute atomic E-state index is 0.236. The Labute approximate surface area is 63.8 Å². The molecule has 0 aromatic rings. The molecular formula is C6H10O5. The predicted octanol–water partition coefficient (Wildman–Crippen LogP) is 1.46. The van der Waals surface area contributed by atoms with Gasteiger partial charge >= 0.3 is 6.16 Å². The lowest BCUT2D eigenvalue weighted by atomic mass is 10.1. The molecule has 1 aliphatic heterocycles. The third-order valence-corrected chi connectivity index (χ3v) is 1.02. The third-order valence-electron chi connectivity index (χ3n) is 1.02. The van der Waals surface area contributed by atoms with Crippen molar-refractivity contribution in [3.05, 3.63) is 12.3 Å². The van der Waals surface area contributed by atoms with Gasteiger partial charge in [-0.25, -0.2) is 4.79 Å². The van der Waals surface area contributed by atoms with Gasteiger partial charge in [-0.2, -0.15) is 4.89 Å². The lowest BCUT2D eigenvalue weighted by Gasteiger charge is -2.33. The molecule has 0 aromatic heterocycles. The molecule has 0 bridgehead atoms. The van der Waals surface area contributed by atoms with Crippen molar-refractivity contribution in [3.8, 4) is 0 Å².